The SMILES string of the molecule is Brc1ccc([C@H]2N=Cc3ccccc3N[C@H](c3ccc(Br)cc3)[C@@H](c3ccc(Br)cc3)N=Cc3ccccc3N[C@@H]2c2ccc(Br)cc2)cc1.ClCCl.ClCCl. The van der Waals surface area contributed by atoms with E-state index in [1.165, 1.54) is 0 Å². The van der Waals surface area contributed by atoms with Crippen molar-refractivity contribution in [3.63, 3.8) is 0 Å². The number of para-hydroxylation sites is 2. The average Bonchev–Trinajstić information content (AvgIpc) is 3.20. The van der Waals surface area contributed by atoms with Crippen molar-refractivity contribution in [3.05, 3.63) is 197 Å². The van der Waals surface area contributed by atoms with Crippen molar-refractivity contribution in [1.29, 1.82) is 0 Å². The van der Waals surface area contributed by atoms with Gasteiger partial charge in [0.25, 0.3) is 0 Å². The Morgan fingerprint density at radius 2 is 0.661 bits per heavy atom. The van der Waals surface area contributed by atoms with Crippen LogP contribution in [0, 0.1) is 0 Å². The number of rotatable bonds is 4. The Balaban J connectivity index is 0.000000941. The Morgan fingerprint density at radius 1 is 0.393 bits per heavy atom. The van der Waals surface area contributed by atoms with Gasteiger partial charge in [0.2, 0.25) is 0 Å². The average molecular weight is 1080 g/mol. The molecular weight excluding hydrogens is 1050 g/mol. The zero-order chi connectivity index (χ0) is 39.9. The number of nitrogens with one attached hydrogen (secondary N) is 2. The molecule has 0 aliphatic carbocycles. The molecule has 4 nitrogen and oxygen atoms in total. The first kappa shape index (κ1) is 44.4. The fourth-order valence-corrected chi connectivity index (χ4v) is 7.27. The van der Waals surface area contributed by atoms with Crippen LogP contribution in [0.2, 0.25) is 0 Å². The highest BCUT2D eigenvalue weighted by Gasteiger charge is 2.28. The quantitative estimate of drug-likeness (QED) is 0.173. The number of aliphatic imine (C=N–C) groups is 2. The minimum atomic E-state index is -0.261. The van der Waals surface area contributed by atoms with Crippen LogP contribution in [0.3, 0.4) is 0 Å². The highest BCUT2D eigenvalue weighted by atomic mass is 79.9. The summed E-state index contributed by atoms with van der Waals surface area (Å²) in [7, 11) is 0. The molecule has 0 amide bonds. The van der Waals surface area contributed by atoms with Crippen molar-refractivity contribution in [2.45, 2.75) is 24.2 Å². The molecule has 0 saturated carbocycles. The summed E-state index contributed by atoms with van der Waals surface area (Å²) in [6.45, 7) is 0. The largest absolute Gasteiger partial charge is 0.375 e. The number of fused-ring (bicyclic) bond motifs is 2. The number of hydrogen-bond donors (Lipinski definition) is 2. The minimum absolute atomic E-state index is 0.194. The van der Waals surface area contributed by atoms with E-state index in [-0.39, 0.29) is 34.8 Å². The molecule has 0 saturated heterocycles. The predicted molar refractivity (Wildman–Crippen MR) is 256 cm³/mol. The summed E-state index contributed by atoms with van der Waals surface area (Å²) >= 11 is 33.6. The Bertz CT molecular complexity index is 2010. The monoisotopic (exact) mass is 1080 g/mol. The second-order valence-corrected chi connectivity index (χ2v) is 17.6. The van der Waals surface area contributed by atoms with Gasteiger partial charge in [0.1, 0.15) is 0 Å². The molecular formula is C44H36Br4Cl4N4. The number of alkyl halides is 4. The van der Waals surface area contributed by atoms with Crippen molar-refractivity contribution in [3.8, 4) is 0 Å². The summed E-state index contributed by atoms with van der Waals surface area (Å²) in [4.78, 5) is 10.8. The molecule has 288 valence electrons. The summed E-state index contributed by atoms with van der Waals surface area (Å²) < 4.78 is 4.10. The third-order valence-corrected chi connectivity index (χ3v) is 10.9. The van der Waals surface area contributed by atoms with Crippen molar-refractivity contribution >= 4 is 134 Å². The molecule has 0 aromatic heterocycles. The molecule has 56 heavy (non-hydrogen) atoms. The van der Waals surface area contributed by atoms with Crippen molar-refractivity contribution in [1.82, 2.24) is 0 Å². The third-order valence-electron chi connectivity index (χ3n) is 8.80. The zero-order valence-corrected chi connectivity index (χ0v) is 39.0. The van der Waals surface area contributed by atoms with Crippen LogP contribution in [0.1, 0.15) is 57.5 Å². The lowest BCUT2D eigenvalue weighted by atomic mass is 9.92. The second kappa shape index (κ2) is 23.1. The Morgan fingerprint density at radius 3 is 0.964 bits per heavy atom. The fraction of sp³-hybridized carbons (Fsp3) is 0.136. The van der Waals surface area contributed by atoms with Gasteiger partial charge in [-0.1, -0.05) is 149 Å². The molecule has 6 aromatic rings. The van der Waals surface area contributed by atoms with E-state index in [2.05, 4.69) is 220 Å². The standard InChI is InChI=1S/C42H32Br4N4.2CH2Cl2/c43-33-17-9-27(10-18-33)39-42(30-15-23-36(46)24-16-30)50-38-8-4-2-6-32(38)26-48-40(28-11-19-34(44)20-12-28)41(29-13-21-35(45)22-14-29)49-37-7-3-1-5-31(37)25-47-39;2*2-1-3/h1-26,39-42,49-50H;2*1H2/t39-,40-,41-,42-;;/m1../s1. The molecule has 1 aliphatic heterocycles. The van der Waals surface area contributed by atoms with Crippen LogP contribution in [0.15, 0.2) is 173 Å². The van der Waals surface area contributed by atoms with Gasteiger partial charge in [0, 0.05) is 52.8 Å². The summed E-state index contributed by atoms with van der Waals surface area (Å²) in [5.74, 6) is 0. The molecule has 1 aliphatic rings. The number of nitrogens with zero attached hydrogens (tertiary/aromatic N) is 2. The van der Waals surface area contributed by atoms with E-state index in [4.69, 9.17) is 56.4 Å². The number of hydrogen-bond acceptors (Lipinski definition) is 4. The molecule has 4 atom stereocenters. The van der Waals surface area contributed by atoms with E-state index >= 15 is 0 Å². The first-order valence-corrected chi connectivity index (χ1v) is 22.6. The maximum absolute atomic E-state index is 5.40. The molecule has 0 fully saturated rings. The summed E-state index contributed by atoms with van der Waals surface area (Å²) in [5, 5.41) is 8.24. The smallest absolute Gasteiger partial charge is 0.0992 e. The van der Waals surface area contributed by atoms with E-state index in [1.54, 1.807) is 0 Å². The van der Waals surface area contributed by atoms with Crippen LogP contribution in [0.25, 0.3) is 0 Å². The van der Waals surface area contributed by atoms with Gasteiger partial charge in [-0.25, -0.2) is 0 Å². The van der Waals surface area contributed by atoms with Crippen LogP contribution in [-0.4, -0.2) is 23.1 Å². The molecule has 2 N–H and O–H groups in total. The lowest BCUT2D eigenvalue weighted by molar-refractivity contribution is 0.611. The second-order valence-electron chi connectivity index (χ2n) is 12.3. The van der Waals surface area contributed by atoms with Gasteiger partial charge in [0.15, 0.2) is 0 Å². The van der Waals surface area contributed by atoms with Gasteiger partial charge in [-0.3, -0.25) is 9.98 Å². The highest BCUT2D eigenvalue weighted by molar-refractivity contribution is 9.11. The summed E-state index contributed by atoms with van der Waals surface area (Å²) in [6, 6.07) is 49.7. The van der Waals surface area contributed by atoms with E-state index < -0.39 is 0 Å². The van der Waals surface area contributed by atoms with Gasteiger partial charge >= 0.3 is 0 Å². The zero-order valence-electron chi connectivity index (χ0n) is 29.7. The topological polar surface area (TPSA) is 48.8 Å². The Kier molecular flexibility index (Phi) is 18.3. The summed E-state index contributed by atoms with van der Waals surface area (Å²) in [6.07, 6.45) is 4.02. The minimum Gasteiger partial charge on any atom is -0.375 e. The van der Waals surface area contributed by atoms with Gasteiger partial charge in [-0.15, -0.1) is 46.4 Å². The first-order valence-electron chi connectivity index (χ1n) is 17.3. The summed E-state index contributed by atoms with van der Waals surface area (Å²) in [5.41, 5.74) is 8.35. The van der Waals surface area contributed by atoms with Gasteiger partial charge < -0.3 is 10.6 Å². The normalized spacial score (nSPS) is 17.6. The molecule has 0 bridgehead atoms. The highest BCUT2D eigenvalue weighted by Crippen LogP contribution is 2.40. The lowest BCUT2D eigenvalue weighted by Crippen LogP contribution is -2.21. The molecule has 6 aromatic carbocycles. The van der Waals surface area contributed by atoms with Gasteiger partial charge in [-0.2, -0.15) is 0 Å². The lowest BCUT2D eigenvalue weighted by Gasteiger charge is -2.30. The molecule has 0 spiro atoms. The van der Waals surface area contributed by atoms with Crippen LogP contribution >= 0.6 is 110 Å². The van der Waals surface area contributed by atoms with Crippen molar-refractivity contribution in [2.75, 3.05) is 21.3 Å². The Hall–Kier alpha value is -2.66. The van der Waals surface area contributed by atoms with E-state index in [1.807, 2.05) is 12.4 Å². The fourth-order valence-electron chi connectivity index (χ4n) is 6.22. The Labute approximate surface area is 382 Å². The molecule has 1 heterocycles. The van der Waals surface area contributed by atoms with E-state index in [0.29, 0.717) is 0 Å². The molecule has 12 heteroatoms. The number of benzene rings is 6. The van der Waals surface area contributed by atoms with Gasteiger partial charge in [-0.05, 0) is 82.9 Å². The van der Waals surface area contributed by atoms with Crippen LogP contribution in [0.4, 0.5) is 11.4 Å². The molecule has 0 unspecified atom stereocenters. The van der Waals surface area contributed by atoms with Crippen LogP contribution in [-0.2, 0) is 0 Å². The molecule has 0 radical (unpaired) electrons. The third kappa shape index (κ3) is 12.7. The van der Waals surface area contributed by atoms with Gasteiger partial charge in [0.05, 0.1) is 34.8 Å². The maximum Gasteiger partial charge on any atom is 0.0992 e. The number of halogens is 8. The maximum atomic E-state index is 5.40. The van der Waals surface area contributed by atoms with Crippen molar-refractivity contribution < 1.29 is 0 Å². The first-order chi connectivity index (χ1) is 27.2. The van der Waals surface area contributed by atoms with Crippen LogP contribution < -0.4 is 10.6 Å². The van der Waals surface area contributed by atoms with Crippen molar-refractivity contribution in [2.24, 2.45) is 9.98 Å². The number of anilines is 2. The van der Waals surface area contributed by atoms with E-state index in [0.717, 1.165) is 62.6 Å². The van der Waals surface area contributed by atoms with Crippen LogP contribution in [0.5, 0.6) is 0 Å². The predicted octanol–water partition coefficient (Wildman–Crippen LogP) is 15.9. The molecule has 7 rings (SSSR count). The van der Waals surface area contributed by atoms with E-state index in [9.17, 15) is 0 Å².